The first-order valence-corrected chi connectivity index (χ1v) is 17.9. The molecule has 1 nitrogen and oxygen atoms in total. The maximum Gasteiger partial charge on any atom is 0.0640 e. The summed E-state index contributed by atoms with van der Waals surface area (Å²) in [7, 11) is 0. The average Bonchev–Trinajstić information content (AvgIpc) is 3.58. The monoisotopic (exact) mass is 653 g/mol. The highest BCUT2D eigenvalue weighted by Crippen LogP contribution is 2.48. The standard InChI is InChI=1S/C48H31NS/c1-3-16-36-32(13-1)15-11-22-39(36)41-20-7-9-24-45(41)49(46-25-12-23-43-42-21-8-10-26-47(42)50-48(43)46)35-29-27-33(28-30-35)44-31-34-14-2-4-17-37(34)38-18-5-6-19-40(38)44/h1-31H. The van der Waals surface area contributed by atoms with E-state index < -0.39 is 0 Å². The molecule has 0 bridgehead atoms. The first-order valence-electron chi connectivity index (χ1n) is 17.1. The van der Waals surface area contributed by atoms with Crippen LogP contribution in [-0.4, -0.2) is 0 Å². The lowest BCUT2D eigenvalue weighted by Crippen LogP contribution is -2.11. The SMILES string of the molecule is c1ccc(N(c2ccc(-c3cc4ccccc4c4ccccc34)cc2)c2cccc3c2sc2ccccc23)c(-c2cccc3ccccc23)c1. The quantitative estimate of drug-likeness (QED) is 0.167. The molecule has 1 heterocycles. The zero-order valence-electron chi connectivity index (χ0n) is 27.3. The molecule has 0 radical (unpaired) electrons. The van der Waals surface area contributed by atoms with Gasteiger partial charge in [-0.25, -0.2) is 0 Å². The molecule has 0 saturated heterocycles. The smallest absolute Gasteiger partial charge is 0.0640 e. The fraction of sp³-hybridized carbons (Fsp3) is 0. The van der Waals surface area contributed by atoms with Crippen LogP contribution in [0, 0.1) is 0 Å². The normalized spacial score (nSPS) is 11.6. The van der Waals surface area contributed by atoms with Crippen molar-refractivity contribution in [3.8, 4) is 22.3 Å². The Morgan fingerprint density at radius 2 is 0.920 bits per heavy atom. The molecule has 10 aromatic rings. The van der Waals surface area contributed by atoms with Gasteiger partial charge in [0.15, 0.2) is 0 Å². The predicted molar refractivity (Wildman–Crippen MR) is 217 cm³/mol. The van der Waals surface area contributed by atoms with Gasteiger partial charge in [-0.05, 0) is 85.4 Å². The topological polar surface area (TPSA) is 3.24 Å². The van der Waals surface area contributed by atoms with Crippen LogP contribution in [0.25, 0.3) is 74.7 Å². The van der Waals surface area contributed by atoms with Crippen LogP contribution in [0.5, 0.6) is 0 Å². The fourth-order valence-corrected chi connectivity index (χ4v) is 8.96. The molecule has 0 fully saturated rings. The van der Waals surface area contributed by atoms with Gasteiger partial charge >= 0.3 is 0 Å². The summed E-state index contributed by atoms with van der Waals surface area (Å²) in [6.45, 7) is 0. The Bertz CT molecular complexity index is 2870. The number of anilines is 3. The molecule has 0 aliphatic rings. The maximum atomic E-state index is 2.47. The second-order valence-corrected chi connectivity index (χ2v) is 13.9. The van der Waals surface area contributed by atoms with Gasteiger partial charge in [0.2, 0.25) is 0 Å². The van der Waals surface area contributed by atoms with Crippen LogP contribution >= 0.6 is 11.3 Å². The van der Waals surface area contributed by atoms with Gasteiger partial charge in [-0.2, -0.15) is 0 Å². The lowest BCUT2D eigenvalue weighted by molar-refractivity contribution is 1.30. The van der Waals surface area contributed by atoms with Crippen molar-refractivity contribution in [2.45, 2.75) is 0 Å². The van der Waals surface area contributed by atoms with Gasteiger partial charge in [0.1, 0.15) is 0 Å². The van der Waals surface area contributed by atoms with Gasteiger partial charge in [-0.1, -0.05) is 152 Å². The summed E-state index contributed by atoms with van der Waals surface area (Å²) in [5, 5.41) is 10.2. The van der Waals surface area contributed by atoms with Crippen LogP contribution in [0.15, 0.2) is 188 Å². The molecule has 10 rings (SSSR count). The number of fused-ring (bicyclic) bond motifs is 7. The lowest BCUT2D eigenvalue weighted by atomic mass is 9.93. The first-order chi connectivity index (χ1) is 24.8. The van der Waals surface area contributed by atoms with Crippen molar-refractivity contribution in [2.24, 2.45) is 0 Å². The number of para-hydroxylation sites is 1. The van der Waals surface area contributed by atoms with E-state index in [9.17, 15) is 0 Å². The van der Waals surface area contributed by atoms with E-state index in [1.54, 1.807) is 0 Å². The average molecular weight is 654 g/mol. The number of rotatable bonds is 5. The number of thiophene rings is 1. The van der Waals surface area contributed by atoms with Crippen molar-refractivity contribution in [1.29, 1.82) is 0 Å². The van der Waals surface area contributed by atoms with Crippen molar-refractivity contribution in [3.05, 3.63) is 188 Å². The van der Waals surface area contributed by atoms with E-state index in [1.165, 1.54) is 80.4 Å². The second kappa shape index (κ2) is 11.7. The number of hydrogen-bond acceptors (Lipinski definition) is 2. The van der Waals surface area contributed by atoms with Gasteiger partial charge in [-0.15, -0.1) is 11.3 Å². The largest absolute Gasteiger partial charge is 0.308 e. The van der Waals surface area contributed by atoms with Crippen LogP contribution in [-0.2, 0) is 0 Å². The minimum Gasteiger partial charge on any atom is -0.308 e. The minimum absolute atomic E-state index is 1.12. The van der Waals surface area contributed by atoms with Crippen LogP contribution in [0.2, 0.25) is 0 Å². The lowest BCUT2D eigenvalue weighted by Gasteiger charge is -2.29. The predicted octanol–water partition coefficient (Wildman–Crippen LogP) is 14.3. The van der Waals surface area contributed by atoms with E-state index in [2.05, 4.69) is 193 Å². The molecule has 0 amide bonds. The summed E-state index contributed by atoms with van der Waals surface area (Å²) in [4.78, 5) is 2.47. The van der Waals surface area contributed by atoms with Crippen molar-refractivity contribution in [2.75, 3.05) is 4.90 Å². The molecule has 0 saturated carbocycles. The van der Waals surface area contributed by atoms with Crippen LogP contribution in [0.1, 0.15) is 0 Å². The van der Waals surface area contributed by atoms with Crippen LogP contribution in [0.3, 0.4) is 0 Å². The second-order valence-electron chi connectivity index (χ2n) is 12.9. The molecule has 0 unspecified atom stereocenters. The summed E-state index contributed by atoms with van der Waals surface area (Å²) in [5.74, 6) is 0. The van der Waals surface area contributed by atoms with Gasteiger partial charge in [0, 0.05) is 26.7 Å². The molecule has 0 spiro atoms. The number of hydrogen-bond donors (Lipinski definition) is 0. The van der Waals surface area contributed by atoms with Crippen LogP contribution < -0.4 is 4.90 Å². The third kappa shape index (κ3) is 4.61. The zero-order chi connectivity index (χ0) is 33.0. The zero-order valence-corrected chi connectivity index (χ0v) is 28.1. The van der Waals surface area contributed by atoms with Gasteiger partial charge in [0.25, 0.3) is 0 Å². The fourth-order valence-electron chi connectivity index (χ4n) is 7.76. The Kier molecular flexibility index (Phi) is 6.75. The molecule has 1 aromatic heterocycles. The van der Waals surface area contributed by atoms with Crippen molar-refractivity contribution in [3.63, 3.8) is 0 Å². The summed E-state index contributed by atoms with van der Waals surface area (Å²) >= 11 is 1.87. The molecule has 0 atom stereocenters. The summed E-state index contributed by atoms with van der Waals surface area (Å²) < 4.78 is 2.58. The summed E-state index contributed by atoms with van der Waals surface area (Å²) in [5.41, 5.74) is 8.34. The molecule has 0 N–H and O–H groups in total. The van der Waals surface area contributed by atoms with Crippen LogP contribution in [0.4, 0.5) is 17.1 Å². The van der Waals surface area contributed by atoms with Crippen molar-refractivity contribution in [1.82, 2.24) is 0 Å². The Hall–Kier alpha value is -6.22. The maximum absolute atomic E-state index is 2.47. The van der Waals surface area contributed by atoms with Crippen molar-refractivity contribution >= 4 is 80.9 Å². The Morgan fingerprint density at radius 1 is 0.340 bits per heavy atom. The van der Waals surface area contributed by atoms with E-state index in [0.29, 0.717) is 0 Å². The Balaban J connectivity index is 1.21. The van der Waals surface area contributed by atoms with Crippen molar-refractivity contribution < 1.29 is 0 Å². The summed E-state index contributed by atoms with van der Waals surface area (Å²) in [6, 6.07) is 68.7. The minimum atomic E-state index is 1.12. The van der Waals surface area contributed by atoms with E-state index in [0.717, 1.165) is 11.4 Å². The number of nitrogens with zero attached hydrogens (tertiary/aromatic N) is 1. The van der Waals surface area contributed by atoms with Gasteiger partial charge in [-0.3, -0.25) is 0 Å². The van der Waals surface area contributed by atoms with E-state index in [-0.39, 0.29) is 0 Å². The molecule has 9 aromatic carbocycles. The molecule has 0 aliphatic heterocycles. The molecule has 50 heavy (non-hydrogen) atoms. The van der Waals surface area contributed by atoms with E-state index in [4.69, 9.17) is 0 Å². The Labute approximate surface area is 294 Å². The molecule has 2 heteroatoms. The molecule has 234 valence electrons. The molecular weight excluding hydrogens is 623 g/mol. The van der Waals surface area contributed by atoms with Gasteiger partial charge in [0.05, 0.1) is 16.1 Å². The highest BCUT2D eigenvalue weighted by Gasteiger charge is 2.22. The molecule has 0 aliphatic carbocycles. The third-order valence-corrected chi connectivity index (χ3v) is 11.3. The highest BCUT2D eigenvalue weighted by molar-refractivity contribution is 7.26. The number of benzene rings is 9. The summed E-state index contributed by atoms with van der Waals surface area (Å²) in [6.07, 6.45) is 0. The first kappa shape index (κ1) is 28.8. The van der Waals surface area contributed by atoms with E-state index in [1.807, 2.05) is 11.3 Å². The van der Waals surface area contributed by atoms with Gasteiger partial charge < -0.3 is 4.90 Å². The third-order valence-electron chi connectivity index (χ3n) is 10.1. The van der Waals surface area contributed by atoms with E-state index >= 15 is 0 Å². The Morgan fingerprint density at radius 3 is 1.78 bits per heavy atom. The highest BCUT2D eigenvalue weighted by atomic mass is 32.1. The molecular formula is C48H31NS.